The maximum absolute atomic E-state index is 10.8. The summed E-state index contributed by atoms with van der Waals surface area (Å²) in [5, 5.41) is 14.0. The fraction of sp³-hybridized carbons (Fsp3) is 0.333. The minimum absolute atomic E-state index is 0.00741. The maximum Gasteiger partial charge on any atom is 0.273 e. The number of rotatable bonds is 7. The fourth-order valence-corrected chi connectivity index (χ4v) is 2.00. The summed E-state index contributed by atoms with van der Waals surface area (Å²) in [4.78, 5) is 10.3. The van der Waals surface area contributed by atoms with Crippen LogP contribution in [-0.4, -0.2) is 18.6 Å². The van der Waals surface area contributed by atoms with E-state index in [0.29, 0.717) is 23.6 Å². The van der Waals surface area contributed by atoms with Gasteiger partial charge < -0.3 is 14.5 Å². The molecule has 0 amide bonds. The van der Waals surface area contributed by atoms with Crippen LogP contribution < -0.4 is 10.1 Å². The number of ether oxygens (including phenoxy) is 1. The largest absolute Gasteiger partial charge is 0.496 e. The first-order valence-corrected chi connectivity index (χ1v) is 6.78. The van der Waals surface area contributed by atoms with Crippen molar-refractivity contribution in [2.24, 2.45) is 0 Å². The number of nitrogens with zero attached hydrogens (tertiary/aromatic N) is 1. The molecule has 1 heterocycles. The molecule has 0 atom stereocenters. The van der Waals surface area contributed by atoms with Crippen molar-refractivity contribution in [2.75, 3.05) is 13.7 Å². The van der Waals surface area contributed by atoms with E-state index >= 15 is 0 Å². The summed E-state index contributed by atoms with van der Waals surface area (Å²) in [7, 11) is 1.48. The van der Waals surface area contributed by atoms with E-state index in [1.54, 1.807) is 6.07 Å². The number of nitrogens with one attached hydrogen (secondary N) is 1. The smallest absolute Gasteiger partial charge is 0.273 e. The van der Waals surface area contributed by atoms with E-state index < -0.39 is 4.92 Å². The average Bonchev–Trinajstić information content (AvgIpc) is 2.95. The Hall–Kier alpha value is -2.34. The lowest BCUT2D eigenvalue weighted by Gasteiger charge is -2.06. The third-order valence-electron chi connectivity index (χ3n) is 3.05. The predicted molar refractivity (Wildman–Crippen MR) is 79.3 cm³/mol. The van der Waals surface area contributed by atoms with E-state index in [1.807, 2.05) is 12.1 Å². The van der Waals surface area contributed by atoms with Crippen LogP contribution in [0.3, 0.4) is 0 Å². The summed E-state index contributed by atoms with van der Waals surface area (Å²) in [6, 6.07) is 8.20. The molecular formula is C15H18N2O4. The van der Waals surface area contributed by atoms with Gasteiger partial charge in [-0.1, -0.05) is 6.92 Å². The molecule has 0 radical (unpaired) electrons. The average molecular weight is 290 g/mol. The first kappa shape index (κ1) is 15.1. The number of non-ortho nitro benzene ring substituents is 1. The summed E-state index contributed by atoms with van der Waals surface area (Å²) in [6.45, 7) is 3.68. The summed E-state index contributed by atoms with van der Waals surface area (Å²) in [5.41, 5.74) is 0.692. The second-order valence-electron chi connectivity index (χ2n) is 4.58. The lowest BCUT2D eigenvalue weighted by Crippen LogP contribution is -2.12. The van der Waals surface area contributed by atoms with Crippen LogP contribution >= 0.6 is 0 Å². The quantitative estimate of drug-likeness (QED) is 0.480. The van der Waals surface area contributed by atoms with E-state index in [2.05, 4.69) is 12.2 Å². The lowest BCUT2D eigenvalue weighted by atomic mass is 10.1. The van der Waals surface area contributed by atoms with E-state index in [-0.39, 0.29) is 5.69 Å². The standard InChI is InChI=1S/C15H18N2O4/c1-3-8-16-10-12-5-7-14(21-12)13-6-4-11(17(18)19)9-15(13)20-2/h4-7,9,16H,3,8,10H2,1-2H3. The van der Waals surface area contributed by atoms with Gasteiger partial charge in [0, 0.05) is 6.07 Å². The van der Waals surface area contributed by atoms with E-state index in [1.165, 1.54) is 19.2 Å². The van der Waals surface area contributed by atoms with Gasteiger partial charge in [0.1, 0.15) is 17.3 Å². The zero-order valence-corrected chi connectivity index (χ0v) is 12.1. The van der Waals surface area contributed by atoms with Crippen molar-refractivity contribution in [3.63, 3.8) is 0 Å². The highest BCUT2D eigenvalue weighted by Crippen LogP contribution is 2.34. The zero-order valence-electron chi connectivity index (χ0n) is 12.1. The van der Waals surface area contributed by atoms with Crippen molar-refractivity contribution in [1.29, 1.82) is 0 Å². The van der Waals surface area contributed by atoms with Gasteiger partial charge in [0.25, 0.3) is 5.69 Å². The minimum Gasteiger partial charge on any atom is -0.496 e. The number of furan rings is 1. The maximum atomic E-state index is 10.8. The normalized spacial score (nSPS) is 10.6. The molecule has 0 aliphatic carbocycles. The molecule has 1 N–H and O–H groups in total. The summed E-state index contributed by atoms with van der Waals surface area (Å²) in [5.74, 6) is 1.88. The van der Waals surface area contributed by atoms with Crippen molar-refractivity contribution in [3.05, 3.63) is 46.2 Å². The fourth-order valence-electron chi connectivity index (χ4n) is 2.00. The summed E-state index contributed by atoms with van der Waals surface area (Å²) >= 11 is 0. The number of nitro groups is 1. The molecule has 0 spiro atoms. The zero-order chi connectivity index (χ0) is 15.2. The van der Waals surface area contributed by atoms with Gasteiger partial charge in [-0.25, -0.2) is 0 Å². The molecule has 2 aromatic rings. The second-order valence-corrected chi connectivity index (χ2v) is 4.58. The van der Waals surface area contributed by atoms with Gasteiger partial charge in [-0.3, -0.25) is 10.1 Å². The molecule has 2 rings (SSSR count). The molecule has 0 saturated carbocycles. The van der Waals surface area contributed by atoms with Crippen LogP contribution in [0.2, 0.25) is 0 Å². The molecule has 0 saturated heterocycles. The Kier molecular flexibility index (Phi) is 4.94. The molecule has 1 aromatic heterocycles. The molecule has 0 unspecified atom stereocenters. The van der Waals surface area contributed by atoms with Gasteiger partial charge in [-0.15, -0.1) is 0 Å². The molecule has 0 bridgehead atoms. The molecule has 21 heavy (non-hydrogen) atoms. The monoisotopic (exact) mass is 290 g/mol. The van der Waals surface area contributed by atoms with E-state index in [0.717, 1.165) is 18.7 Å². The van der Waals surface area contributed by atoms with Gasteiger partial charge in [-0.05, 0) is 31.2 Å². The van der Waals surface area contributed by atoms with Crippen molar-refractivity contribution in [2.45, 2.75) is 19.9 Å². The Morgan fingerprint density at radius 2 is 2.14 bits per heavy atom. The van der Waals surface area contributed by atoms with Crippen molar-refractivity contribution in [1.82, 2.24) is 5.32 Å². The predicted octanol–water partition coefficient (Wildman–Crippen LogP) is 3.36. The van der Waals surface area contributed by atoms with Crippen LogP contribution in [0.5, 0.6) is 5.75 Å². The van der Waals surface area contributed by atoms with Crippen LogP contribution in [0.15, 0.2) is 34.7 Å². The molecule has 0 fully saturated rings. The number of hydrogen-bond acceptors (Lipinski definition) is 5. The van der Waals surface area contributed by atoms with Crippen molar-refractivity contribution < 1.29 is 14.1 Å². The van der Waals surface area contributed by atoms with E-state index in [4.69, 9.17) is 9.15 Å². The molecule has 112 valence electrons. The Labute approximate surface area is 122 Å². The second kappa shape index (κ2) is 6.90. The Balaban J connectivity index is 2.23. The Bertz CT molecular complexity index is 622. The number of hydrogen-bond donors (Lipinski definition) is 1. The molecule has 6 nitrogen and oxygen atoms in total. The molecular weight excluding hydrogens is 272 g/mol. The Morgan fingerprint density at radius 1 is 1.33 bits per heavy atom. The van der Waals surface area contributed by atoms with Gasteiger partial charge in [-0.2, -0.15) is 0 Å². The first-order valence-electron chi connectivity index (χ1n) is 6.78. The molecule has 6 heteroatoms. The molecule has 1 aromatic carbocycles. The Morgan fingerprint density at radius 3 is 2.81 bits per heavy atom. The minimum atomic E-state index is -0.450. The number of nitro benzene ring substituents is 1. The van der Waals surface area contributed by atoms with Gasteiger partial charge in [0.05, 0.1) is 30.2 Å². The van der Waals surface area contributed by atoms with Crippen LogP contribution in [0.25, 0.3) is 11.3 Å². The topological polar surface area (TPSA) is 77.5 Å². The van der Waals surface area contributed by atoms with Crippen molar-refractivity contribution in [3.8, 4) is 17.1 Å². The van der Waals surface area contributed by atoms with Crippen molar-refractivity contribution >= 4 is 5.69 Å². The molecule has 0 aliphatic rings. The highest BCUT2D eigenvalue weighted by Gasteiger charge is 2.15. The SMILES string of the molecule is CCCNCc1ccc(-c2ccc([N+](=O)[O-])cc2OC)o1. The third kappa shape index (κ3) is 3.61. The summed E-state index contributed by atoms with van der Waals surface area (Å²) in [6.07, 6.45) is 1.06. The lowest BCUT2D eigenvalue weighted by molar-refractivity contribution is -0.384. The van der Waals surface area contributed by atoms with Gasteiger partial charge >= 0.3 is 0 Å². The van der Waals surface area contributed by atoms with Crippen LogP contribution in [0.1, 0.15) is 19.1 Å². The summed E-state index contributed by atoms with van der Waals surface area (Å²) < 4.78 is 11.0. The van der Waals surface area contributed by atoms with Gasteiger partial charge in [0.15, 0.2) is 0 Å². The van der Waals surface area contributed by atoms with Crippen LogP contribution in [0.4, 0.5) is 5.69 Å². The number of methoxy groups -OCH3 is 1. The first-order chi connectivity index (χ1) is 10.2. The number of benzene rings is 1. The van der Waals surface area contributed by atoms with Crippen LogP contribution in [-0.2, 0) is 6.54 Å². The highest BCUT2D eigenvalue weighted by atomic mass is 16.6. The van der Waals surface area contributed by atoms with E-state index in [9.17, 15) is 10.1 Å². The molecule has 0 aliphatic heterocycles. The third-order valence-corrected chi connectivity index (χ3v) is 3.05. The highest BCUT2D eigenvalue weighted by molar-refractivity contribution is 5.68. The van der Waals surface area contributed by atoms with Gasteiger partial charge in [0.2, 0.25) is 0 Å². The van der Waals surface area contributed by atoms with Crippen LogP contribution in [0, 0.1) is 10.1 Å².